The third-order valence-electron chi connectivity index (χ3n) is 3.38. The second kappa shape index (κ2) is 6.99. The maximum absolute atomic E-state index is 12.4. The molecule has 0 aliphatic heterocycles. The van der Waals surface area contributed by atoms with Crippen LogP contribution in [0.5, 0.6) is 5.75 Å². The number of aliphatic hydroxyl groups is 1. The summed E-state index contributed by atoms with van der Waals surface area (Å²) in [5.41, 5.74) is 1.47. The lowest BCUT2D eigenvalue weighted by Gasteiger charge is -2.13. The van der Waals surface area contributed by atoms with Crippen molar-refractivity contribution >= 4 is 5.91 Å². The Kier molecular flexibility index (Phi) is 5.04. The van der Waals surface area contributed by atoms with Gasteiger partial charge in [-0.25, -0.2) is 0 Å². The number of aromatic nitrogens is 1. The average Bonchev–Trinajstić information content (AvgIpc) is 2.99. The van der Waals surface area contributed by atoms with Crippen LogP contribution >= 0.6 is 0 Å². The Bertz CT molecular complexity index is 726. The largest absolute Gasteiger partial charge is 0.497 e. The molecule has 23 heavy (non-hydrogen) atoms. The van der Waals surface area contributed by atoms with Crippen LogP contribution in [-0.2, 0) is 0 Å². The van der Waals surface area contributed by atoms with Crippen LogP contribution in [0.1, 0.15) is 29.1 Å². The predicted molar refractivity (Wildman–Crippen MR) is 84.9 cm³/mol. The lowest BCUT2D eigenvalue weighted by Crippen LogP contribution is -2.27. The molecule has 0 saturated heterocycles. The molecule has 1 N–H and O–H groups in total. The van der Waals surface area contributed by atoms with E-state index in [9.17, 15) is 9.90 Å². The van der Waals surface area contributed by atoms with Gasteiger partial charge in [-0.2, -0.15) is 0 Å². The van der Waals surface area contributed by atoms with Gasteiger partial charge in [0, 0.05) is 12.6 Å². The van der Waals surface area contributed by atoms with Gasteiger partial charge in [-0.05, 0) is 31.2 Å². The lowest BCUT2D eigenvalue weighted by molar-refractivity contribution is 0.0763. The van der Waals surface area contributed by atoms with Crippen LogP contribution in [0.3, 0.4) is 0 Å². The maximum Gasteiger partial charge on any atom is 0.293 e. The van der Waals surface area contributed by atoms with Crippen LogP contribution in [0, 0.1) is 12.3 Å². The molecule has 1 aromatic carbocycles. The van der Waals surface area contributed by atoms with E-state index in [4.69, 9.17) is 15.7 Å². The number of ether oxygens (including phenoxy) is 1. The van der Waals surface area contributed by atoms with Gasteiger partial charge in [0.05, 0.1) is 25.3 Å². The number of benzene rings is 1. The minimum atomic E-state index is -0.920. The van der Waals surface area contributed by atoms with Crippen LogP contribution in [0.2, 0.25) is 0 Å². The van der Waals surface area contributed by atoms with Crippen LogP contribution < -0.4 is 4.74 Å². The number of terminal acetylenes is 1. The topological polar surface area (TPSA) is 75.8 Å². The van der Waals surface area contributed by atoms with Gasteiger partial charge in [-0.15, -0.1) is 6.42 Å². The van der Waals surface area contributed by atoms with Gasteiger partial charge in [-0.3, -0.25) is 4.79 Å². The van der Waals surface area contributed by atoms with Crippen molar-refractivity contribution < 1.29 is 19.2 Å². The van der Waals surface area contributed by atoms with Crippen LogP contribution in [0.15, 0.2) is 28.8 Å². The van der Waals surface area contributed by atoms with Crippen molar-refractivity contribution in [3.63, 3.8) is 0 Å². The second-order valence-electron chi connectivity index (χ2n) is 5.04. The highest BCUT2D eigenvalue weighted by Gasteiger charge is 2.28. The molecule has 0 radical (unpaired) electrons. The van der Waals surface area contributed by atoms with E-state index in [0.717, 1.165) is 0 Å². The molecular weight excluding hydrogens is 296 g/mol. The number of aliphatic hydroxyl groups excluding tert-OH is 1. The molecule has 0 spiro atoms. The number of hydrogen-bond donors (Lipinski definition) is 1. The average molecular weight is 314 g/mol. The lowest BCUT2D eigenvalue weighted by atomic mass is 10.0. The molecule has 6 heteroatoms. The Morgan fingerprint density at radius 1 is 1.48 bits per heavy atom. The monoisotopic (exact) mass is 314 g/mol. The molecule has 0 fully saturated rings. The third kappa shape index (κ3) is 3.35. The van der Waals surface area contributed by atoms with E-state index in [0.29, 0.717) is 22.6 Å². The smallest absolute Gasteiger partial charge is 0.293 e. The van der Waals surface area contributed by atoms with E-state index in [1.54, 1.807) is 45.3 Å². The Morgan fingerprint density at radius 3 is 2.65 bits per heavy atom. The fourth-order valence-electron chi connectivity index (χ4n) is 2.18. The van der Waals surface area contributed by atoms with E-state index < -0.39 is 12.0 Å². The summed E-state index contributed by atoms with van der Waals surface area (Å²) < 4.78 is 10.3. The van der Waals surface area contributed by atoms with E-state index in [1.807, 2.05) is 0 Å². The molecule has 1 amide bonds. The third-order valence-corrected chi connectivity index (χ3v) is 3.38. The first-order valence-corrected chi connectivity index (χ1v) is 7.00. The van der Waals surface area contributed by atoms with Crippen molar-refractivity contribution in [1.82, 2.24) is 10.1 Å². The molecule has 120 valence electrons. The van der Waals surface area contributed by atoms with Crippen LogP contribution in [0.4, 0.5) is 0 Å². The summed E-state index contributed by atoms with van der Waals surface area (Å²) in [7, 11) is 3.13. The fraction of sp³-hybridized carbons (Fsp3) is 0.294. The molecule has 2 aromatic rings. The molecule has 0 aliphatic carbocycles. The van der Waals surface area contributed by atoms with Crippen molar-refractivity contribution in [2.75, 3.05) is 20.7 Å². The summed E-state index contributed by atoms with van der Waals surface area (Å²) in [5, 5.41) is 14.0. The number of nitrogens with zero attached hydrogens (tertiary/aromatic N) is 2. The zero-order valence-corrected chi connectivity index (χ0v) is 13.2. The molecule has 0 bridgehead atoms. The van der Waals surface area contributed by atoms with Crippen LogP contribution in [0.25, 0.3) is 11.3 Å². The van der Waals surface area contributed by atoms with Crippen LogP contribution in [-0.4, -0.2) is 41.8 Å². The Morgan fingerprint density at radius 2 is 2.13 bits per heavy atom. The van der Waals surface area contributed by atoms with Gasteiger partial charge in [0.2, 0.25) is 5.76 Å². The number of carbonyl (C=O) groups excluding carboxylic acids is 1. The molecule has 1 heterocycles. The van der Waals surface area contributed by atoms with Crippen molar-refractivity contribution in [2.24, 2.45) is 0 Å². The van der Waals surface area contributed by atoms with E-state index in [1.165, 1.54) is 4.90 Å². The molecule has 0 saturated carbocycles. The summed E-state index contributed by atoms with van der Waals surface area (Å²) >= 11 is 0. The highest BCUT2D eigenvalue weighted by atomic mass is 16.5. The van der Waals surface area contributed by atoms with Gasteiger partial charge < -0.3 is 19.3 Å². The number of rotatable bonds is 5. The number of methoxy groups -OCH3 is 1. The molecule has 1 aromatic heterocycles. The van der Waals surface area contributed by atoms with Crippen molar-refractivity contribution in [1.29, 1.82) is 0 Å². The SMILES string of the molecule is C#CCN(C)C(=O)c1onc(-c2ccc(OC)cc2)c1[C@H](C)O. The molecular formula is C17H18N2O4. The summed E-state index contributed by atoms with van der Waals surface area (Å²) in [6.45, 7) is 1.69. The Hall–Kier alpha value is -2.78. The summed E-state index contributed by atoms with van der Waals surface area (Å²) in [6.07, 6.45) is 4.30. The van der Waals surface area contributed by atoms with Gasteiger partial charge in [0.1, 0.15) is 11.4 Å². The highest BCUT2D eigenvalue weighted by Crippen LogP contribution is 2.32. The van der Waals surface area contributed by atoms with E-state index in [-0.39, 0.29) is 12.3 Å². The minimum absolute atomic E-state index is 0.0106. The minimum Gasteiger partial charge on any atom is -0.497 e. The predicted octanol–water partition coefficient (Wildman–Crippen LogP) is 2.11. The first-order valence-electron chi connectivity index (χ1n) is 7.00. The van der Waals surface area contributed by atoms with Crippen molar-refractivity contribution in [3.8, 4) is 29.4 Å². The van der Waals surface area contributed by atoms with E-state index >= 15 is 0 Å². The highest BCUT2D eigenvalue weighted by molar-refractivity contribution is 5.94. The zero-order valence-electron chi connectivity index (χ0n) is 13.2. The Balaban J connectivity index is 2.46. The number of amides is 1. The van der Waals surface area contributed by atoms with Gasteiger partial charge >= 0.3 is 0 Å². The maximum atomic E-state index is 12.4. The molecule has 1 atom stereocenters. The Labute approximate surface area is 134 Å². The molecule has 0 unspecified atom stereocenters. The van der Waals surface area contributed by atoms with Crippen molar-refractivity contribution in [2.45, 2.75) is 13.0 Å². The van der Waals surface area contributed by atoms with Crippen molar-refractivity contribution in [3.05, 3.63) is 35.6 Å². The first-order chi connectivity index (χ1) is 11.0. The quantitative estimate of drug-likeness (QED) is 0.855. The van der Waals surface area contributed by atoms with Gasteiger partial charge in [0.15, 0.2) is 0 Å². The summed E-state index contributed by atoms with van der Waals surface area (Å²) in [5.74, 6) is 2.64. The normalized spacial score (nSPS) is 11.6. The second-order valence-corrected chi connectivity index (χ2v) is 5.04. The molecule has 6 nitrogen and oxygen atoms in total. The zero-order chi connectivity index (χ0) is 17.0. The molecule has 2 rings (SSSR count). The summed E-state index contributed by atoms with van der Waals surface area (Å²) in [6, 6.07) is 7.09. The van der Waals surface area contributed by atoms with Gasteiger partial charge in [0.25, 0.3) is 5.91 Å². The number of carbonyl (C=O) groups is 1. The van der Waals surface area contributed by atoms with E-state index in [2.05, 4.69) is 11.1 Å². The standard InChI is InChI=1S/C17H18N2O4/c1-5-10-19(3)17(21)16-14(11(2)20)15(18-23-16)12-6-8-13(22-4)9-7-12/h1,6-9,11,20H,10H2,2-4H3/t11-/m0/s1. The fourth-order valence-corrected chi connectivity index (χ4v) is 2.18. The number of hydrogen-bond acceptors (Lipinski definition) is 5. The van der Waals surface area contributed by atoms with Gasteiger partial charge in [-0.1, -0.05) is 11.1 Å². The molecule has 0 aliphatic rings. The summed E-state index contributed by atoms with van der Waals surface area (Å²) in [4.78, 5) is 13.7. The first kappa shape index (κ1) is 16.6.